The molecular weight excluding hydrogens is 396 g/mol. The zero-order valence-corrected chi connectivity index (χ0v) is 15.5. The van der Waals surface area contributed by atoms with Gasteiger partial charge >= 0.3 is 0 Å². The molecule has 4 aromatic rings. The molecule has 1 N–H and O–H groups in total. The summed E-state index contributed by atoms with van der Waals surface area (Å²) in [6.07, 6.45) is 0. The van der Waals surface area contributed by atoms with Gasteiger partial charge in [0.05, 0.1) is 5.39 Å². The number of aryl methyl sites for hydroxylation is 1. The molecule has 0 unspecified atom stereocenters. The van der Waals surface area contributed by atoms with Gasteiger partial charge in [0.25, 0.3) is 0 Å². The van der Waals surface area contributed by atoms with E-state index in [4.69, 9.17) is 9.15 Å². The Morgan fingerprint density at radius 3 is 2.73 bits per heavy atom. The van der Waals surface area contributed by atoms with Crippen molar-refractivity contribution in [1.82, 2.24) is 0 Å². The number of hydrogen-bond donors (Lipinski definition) is 1. The Balaban J connectivity index is 1.79. The van der Waals surface area contributed by atoms with Gasteiger partial charge in [-0.25, -0.2) is 0 Å². The van der Waals surface area contributed by atoms with Crippen molar-refractivity contribution in [3.63, 3.8) is 0 Å². The number of phenols is 1. The molecule has 4 nitrogen and oxygen atoms in total. The predicted molar refractivity (Wildman–Crippen MR) is 105 cm³/mol. The molecule has 4 rings (SSSR count). The Labute approximate surface area is 157 Å². The summed E-state index contributed by atoms with van der Waals surface area (Å²) in [5, 5.41) is 11.0. The number of fused-ring (bicyclic) bond motifs is 2. The first-order valence-corrected chi connectivity index (χ1v) is 8.88. The van der Waals surface area contributed by atoms with E-state index in [0.717, 1.165) is 15.6 Å². The lowest BCUT2D eigenvalue weighted by Gasteiger charge is -2.10. The van der Waals surface area contributed by atoms with Gasteiger partial charge in [0.15, 0.2) is 0 Å². The van der Waals surface area contributed by atoms with E-state index in [0.29, 0.717) is 28.9 Å². The molecule has 0 spiro atoms. The molecule has 0 amide bonds. The largest absolute Gasteiger partial charge is 0.507 e. The van der Waals surface area contributed by atoms with Crippen LogP contribution in [0.15, 0.2) is 68.3 Å². The molecule has 0 radical (unpaired) electrons. The Hall–Kier alpha value is -2.79. The van der Waals surface area contributed by atoms with Crippen LogP contribution in [0.4, 0.5) is 0 Å². The molecule has 5 heteroatoms. The van der Waals surface area contributed by atoms with Gasteiger partial charge in [-0.1, -0.05) is 40.2 Å². The van der Waals surface area contributed by atoms with Crippen LogP contribution in [0.3, 0.4) is 0 Å². The standard InChI is InChI=1S/C21H15BrO4/c1-12-4-2-7-16-20(24)19-17(23)9-15(10-18(19)26-21(12)16)25-11-13-5-3-6-14(22)8-13/h2-10,23H,11H2,1H3. The topological polar surface area (TPSA) is 59.7 Å². The van der Waals surface area contributed by atoms with Gasteiger partial charge in [-0.3, -0.25) is 4.79 Å². The second-order valence-corrected chi connectivity index (χ2v) is 7.03. The van der Waals surface area contributed by atoms with Crippen LogP contribution >= 0.6 is 15.9 Å². The summed E-state index contributed by atoms with van der Waals surface area (Å²) in [4.78, 5) is 12.7. The molecule has 0 saturated heterocycles. The van der Waals surface area contributed by atoms with Crippen LogP contribution in [0.5, 0.6) is 11.5 Å². The predicted octanol–water partition coefficient (Wildman–Crippen LogP) is 5.30. The lowest BCUT2D eigenvalue weighted by Crippen LogP contribution is -2.04. The van der Waals surface area contributed by atoms with Crippen molar-refractivity contribution >= 4 is 37.9 Å². The summed E-state index contributed by atoms with van der Waals surface area (Å²) in [6.45, 7) is 2.21. The highest BCUT2D eigenvalue weighted by Crippen LogP contribution is 2.31. The van der Waals surface area contributed by atoms with Crippen LogP contribution in [0.25, 0.3) is 21.9 Å². The van der Waals surface area contributed by atoms with Crippen LogP contribution in [0.1, 0.15) is 11.1 Å². The molecule has 0 aliphatic rings. The average Bonchev–Trinajstić information content (AvgIpc) is 2.61. The fourth-order valence-corrected chi connectivity index (χ4v) is 3.42. The minimum absolute atomic E-state index is 0.149. The maximum absolute atomic E-state index is 12.7. The van der Waals surface area contributed by atoms with Crippen molar-refractivity contribution in [1.29, 1.82) is 0 Å². The summed E-state index contributed by atoms with van der Waals surface area (Å²) in [7, 11) is 0. The Morgan fingerprint density at radius 2 is 1.92 bits per heavy atom. The van der Waals surface area contributed by atoms with Crippen LogP contribution in [0, 0.1) is 6.92 Å². The lowest BCUT2D eigenvalue weighted by atomic mass is 10.1. The smallest absolute Gasteiger partial charge is 0.204 e. The van der Waals surface area contributed by atoms with Crippen molar-refractivity contribution in [2.24, 2.45) is 0 Å². The zero-order chi connectivity index (χ0) is 18.3. The minimum Gasteiger partial charge on any atom is -0.507 e. The van der Waals surface area contributed by atoms with Crippen LogP contribution < -0.4 is 10.2 Å². The molecule has 0 bridgehead atoms. The van der Waals surface area contributed by atoms with E-state index in [-0.39, 0.29) is 16.6 Å². The first kappa shape index (κ1) is 16.7. The minimum atomic E-state index is -0.249. The number of ether oxygens (including phenoxy) is 1. The first-order chi connectivity index (χ1) is 12.5. The molecule has 3 aromatic carbocycles. The van der Waals surface area contributed by atoms with Gasteiger partial charge in [-0.15, -0.1) is 0 Å². The van der Waals surface area contributed by atoms with E-state index < -0.39 is 0 Å². The Morgan fingerprint density at radius 1 is 1.12 bits per heavy atom. The van der Waals surface area contributed by atoms with Crippen LogP contribution in [-0.2, 0) is 6.61 Å². The normalized spacial score (nSPS) is 11.2. The van der Waals surface area contributed by atoms with Gasteiger partial charge < -0.3 is 14.3 Å². The van der Waals surface area contributed by atoms with Gasteiger partial charge in [0, 0.05) is 16.6 Å². The highest BCUT2D eigenvalue weighted by atomic mass is 79.9. The van der Waals surface area contributed by atoms with Crippen molar-refractivity contribution in [3.05, 3.63) is 80.4 Å². The van der Waals surface area contributed by atoms with Gasteiger partial charge in [-0.2, -0.15) is 0 Å². The van der Waals surface area contributed by atoms with E-state index in [1.165, 1.54) is 6.07 Å². The second-order valence-electron chi connectivity index (χ2n) is 6.12. The van der Waals surface area contributed by atoms with Gasteiger partial charge in [-0.05, 0) is 36.2 Å². The Bertz CT molecular complexity index is 1190. The molecular formula is C21H15BrO4. The summed E-state index contributed by atoms with van der Waals surface area (Å²) in [5.74, 6) is 0.287. The van der Waals surface area contributed by atoms with Gasteiger partial charge in [0.2, 0.25) is 5.43 Å². The van der Waals surface area contributed by atoms with Crippen LogP contribution in [-0.4, -0.2) is 5.11 Å². The number of hydrogen-bond acceptors (Lipinski definition) is 4. The maximum Gasteiger partial charge on any atom is 0.204 e. The average molecular weight is 411 g/mol. The first-order valence-electron chi connectivity index (χ1n) is 8.09. The number of para-hydroxylation sites is 1. The monoisotopic (exact) mass is 410 g/mol. The number of aromatic hydroxyl groups is 1. The van der Waals surface area contributed by atoms with Crippen molar-refractivity contribution in [2.75, 3.05) is 0 Å². The van der Waals surface area contributed by atoms with Crippen LogP contribution in [0.2, 0.25) is 0 Å². The molecule has 26 heavy (non-hydrogen) atoms. The van der Waals surface area contributed by atoms with Crippen molar-refractivity contribution < 1.29 is 14.3 Å². The number of phenolic OH excluding ortho intramolecular Hbond substituents is 1. The van der Waals surface area contributed by atoms with Crippen molar-refractivity contribution in [2.45, 2.75) is 13.5 Å². The third-order valence-corrected chi connectivity index (χ3v) is 4.74. The summed E-state index contributed by atoms with van der Waals surface area (Å²) >= 11 is 3.42. The number of rotatable bonds is 3. The number of benzene rings is 3. The summed E-state index contributed by atoms with van der Waals surface area (Å²) in [5.41, 5.74) is 2.42. The van der Waals surface area contributed by atoms with E-state index in [2.05, 4.69) is 15.9 Å². The van der Waals surface area contributed by atoms with E-state index in [1.54, 1.807) is 18.2 Å². The molecule has 0 aliphatic heterocycles. The second kappa shape index (κ2) is 6.50. The molecule has 1 heterocycles. The molecule has 0 fully saturated rings. The van der Waals surface area contributed by atoms with E-state index >= 15 is 0 Å². The lowest BCUT2D eigenvalue weighted by molar-refractivity contribution is 0.304. The molecule has 1 aromatic heterocycles. The molecule has 130 valence electrons. The molecule has 0 saturated carbocycles. The fourth-order valence-electron chi connectivity index (χ4n) is 2.97. The van der Waals surface area contributed by atoms with Crippen molar-refractivity contribution in [3.8, 4) is 11.5 Å². The van der Waals surface area contributed by atoms with E-state index in [1.807, 2.05) is 37.3 Å². The molecule has 0 aliphatic carbocycles. The third kappa shape index (κ3) is 2.95. The van der Waals surface area contributed by atoms with Gasteiger partial charge in [0.1, 0.15) is 34.7 Å². The molecule has 0 atom stereocenters. The maximum atomic E-state index is 12.7. The number of halogens is 1. The highest BCUT2D eigenvalue weighted by Gasteiger charge is 2.14. The fraction of sp³-hybridized carbons (Fsp3) is 0.0952. The van der Waals surface area contributed by atoms with E-state index in [9.17, 15) is 9.90 Å². The summed E-state index contributed by atoms with van der Waals surface area (Å²) < 4.78 is 12.6. The third-order valence-electron chi connectivity index (χ3n) is 4.25. The quantitative estimate of drug-likeness (QED) is 0.465. The SMILES string of the molecule is Cc1cccc2c(=O)c3c(O)cc(OCc4cccc(Br)c4)cc3oc12. The Kier molecular flexibility index (Phi) is 4.17. The summed E-state index contributed by atoms with van der Waals surface area (Å²) in [6, 6.07) is 16.2. The zero-order valence-electron chi connectivity index (χ0n) is 14.0. The highest BCUT2D eigenvalue weighted by molar-refractivity contribution is 9.10.